The van der Waals surface area contributed by atoms with Crippen LogP contribution in [0.5, 0.6) is 0 Å². The third kappa shape index (κ3) is 6.32. The van der Waals surface area contributed by atoms with Crippen molar-refractivity contribution in [1.82, 2.24) is 0 Å². The predicted octanol–water partition coefficient (Wildman–Crippen LogP) is 16.5. The first kappa shape index (κ1) is 35.2. The van der Waals surface area contributed by atoms with Gasteiger partial charge in [0.2, 0.25) is 0 Å². The minimum atomic E-state index is 0.858. The summed E-state index contributed by atoms with van der Waals surface area (Å²) in [5.41, 5.74) is 16.4. The lowest BCUT2D eigenvalue weighted by Gasteiger charge is -2.28. The van der Waals surface area contributed by atoms with Gasteiger partial charge in [-0.3, -0.25) is 0 Å². The first-order chi connectivity index (χ1) is 29.8. The second kappa shape index (κ2) is 15.1. The van der Waals surface area contributed by atoms with Gasteiger partial charge in [0, 0.05) is 33.1 Å². The van der Waals surface area contributed by atoms with E-state index in [-0.39, 0.29) is 0 Å². The third-order valence-corrected chi connectivity index (χ3v) is 11.7. The summed E-state index contributed by atoms with van der Waals surface area (Å²) in [7, 11) is 0. The second-order valence-corrected chi connectivity index (χ2v) is 15.3. The Morgan fingerprint density at radius 1 is 0.267 bits per heavy atom. The molecule has 0 unspecified atom stereocenters. The van der Waals surface area contributed by atoms with E-state index < -0.39 is 0 Å². The van der Waals surface area contributed by atoms with E-state index in [2.05, 4.69) is 241 Å². The topological polar surface area (TPSA) is 16.4 Å². The normalized spacial score (nSPS) is 11.3. The van der Waals surface area contributed by atoms with Crippen molar-refractivity contribution < 1.29 is 4.42 Å². The quantitative estimate of drug-likeness (QED) is 0.153. The molecule has 0 fully saturated rings. The van der Waals surface area contributed by atoms with Gasteiger partial charge in [0.25, 0.3) is 0 Å². The Kier molecular flexibility index (Phi) is 8.87. The number of furan rings is 1. The molecule has 11 aromatic rings. The first-order valence-corrected chi connectivity index (χ1v) is 20.5. The molecule has 10 aromatic carbocycles. The third-order valence-electron chi connectivity index (χ3n) is 11.7. The number of hydrogen-bond acceptors (Lipinski definition) is 2. The summed E-state index contributed by atoms with van der Waals surface area (Å²) in [4.78, 5) is 2.38. The average Bonchev–Trinajstić information content (AvgIpc) is 3.72. The first-order valence-electron chi connectivity index (χ1n) is 20.5. The molecule has 0 atom stereocenters. The molecule has 2 nitrogen and oxygen atoms in total. The van der Waals surface area contributed by atoms with Gasteiger partial charge in [-0.1, -0.05) is 194 Å². The van der Waals surface area contributed by atoms with E-state index in [1.54, 1.807) is 0 Å². The molecule has 1 heterocycles. The van der Waals surface area contributed by atoms with Crippen LogP contribution in [0.15, 0.2) is 241 Å². The largest absolute Gasteiger partial charge is 0.455 e. The fraction of sp³-hybridized carbons (Fsp3) is 0. The van der Waals surface area contributed by atoms with Crippen LogP contribution in [0.2, 0.25) is 0 Å². The lowest BCUT2D eigenvalue weighted by Crippen LogP contribution is -2.11. The Morgan fingerprint density at radius 3 is 1.15 bits per heavy atom. The zero-order valence-corrected chi connectivity index (χ0v) is 32.9. The molecule has 0 aliphatic heterocycles. The monoisotopic (exact) mass is 765 g/mol. The molecule has 282 valence electrons. The maximum absolute atomic E-state index is 7.25. The van der Waals surface area contributed by atoms with Crippen LogP contribution in [0.3, 0.4) is 0 Å². The molecule has 0 radical (unpaired) electrons. The maximum Gasteiger partial charge on any atom is 0.145 e. The van der Waals surface area contributed by atoms with E-state index in [1.165, 1.54) is 49.9 Å². The van der Waals surface area contributed by atoms with Crippen LogP contribution in [0.1, 0.15) is 0 Å². The van der Waals surface area contributed by atoms with Gasteiger partial charge in [-0.15, -0.1) is 0 Å². The van der Waals surface area contributed by atoms with Crippen LogP contribution in [0.4, 0.5) is 17.1 Å². The van der Waals surface area contributed by atoms with Gasteiger partial charge in [-0.25, -0.2) is 0 Å². The minimum absolute atomic E-state index is 0.858. The Hall–Kier alpha value is -7.94. The summed E-state index contributed by atoms with van der Waals surface area (Å²) in [5, 5.41) is 4.45. The van der Waals surface area contributed by atoms with E-state index in [9.17, 15) is 0 Å². The average molecular weight is 766 g/mol. The number of benzene rings is 10. The number of hydrogen-bond donors (Lipinski definition) is 0. The summed E-state index contributed by atoms with van der Waals surface area (Å²) < 4.78 is 7.25. The van der Waals surface area contributed by atoms with Crippen molar-refractivity contribution >= 4 is 49.8 Å². The molecular weight excluding hydrogens is 727 g/mol. The van der Waals surface area contributed by atoms with Crippen LogP contribution in [-0.2, 0) is 0 Å². The van der Waals surface area contributed by atoms with Gasteiger partial charge in [-0.05, 0) is 97.9 Å². The van der Waals surface area contributed by atoms with Gasteiger partial charge in [0.1, 0.15) is 11.2 Å². The predicted molar refractivity (Wildman–Crippen MR) is 253 cm³/mol. The summed E-state index contributed by atoms with van der Waals surface area (Å²) >= 11 is 0. The van der Waals surface area contributed by atoms with Crippen molar-refractivity contribution in [3.05, 3.63) is 237 Å². The smallest absolute Gasteiger partial charge is 0.145 e. The molecule has 0 saturated heterocycles. The number of fused-ring (bicyclic) bond motifs is 5. The molecule has 11 rings (SSSR count). The van der Waals surface area contributed by atoms with Crippen LogP contribution in [0.25, 0.3) is 88.3 Å². The number of nitrogens with zero attached hydrogens (tertiary/aromatic N) is 1. The molecule has 0 bridgehead atoms. The molecular formula is C58H39NO. The Bertz CT molecular complexity index is 3160. The van der Waals surface area contributed by atoms with Gasteiger partial charge < -0.3 is 9.32 Å². The molecule has 0 N–H and O–H groups in total. The maximum atomic E-state index is 7.25. The van der Waals surface area contributed by atoms with Crippen molar-refractivity contribution in [2.24, 2.45) is 0 Å². The molecule has 0 saturated carbocycles. The van der Waals surface area contributed by atoms with Gasteiger partial charge in [0.15, 0.2) is 0 Å². The molecule has 60 heavy (non-hydrogen) atoms. The fourth-order valence-corrected chi connectivity index (χ4v) is 8.73. The highest BCUT2D eigenvalue weighted by Crippen LogP contribution is 2.49. The van der Waals surface area contributed by atoms with Crippen molar-refractivity contribution in [2.45, 2.75) is 0 Å². The standard InChI is InChI=1S/C58H39NO/c1-5-15-40(16-6-1)43-25-27-47(28-26-43)56-55(38-37-52-54-39-53(46-21-11-4-12-22-46)50-23-13-14-24-51(50)57(54)60-58(52)56)59(48-33-29-44(30-34-48)41-17-7-2-8-18-41)49-35-31-45(32-36-49)42-19-9-3-10-20-42/h1-39H. The lowest BCUT2D eigenvalue weighted by molar-refractivity contribution is 0.674. The van der Waals surface area contributed by atoms with Crippen LogP contribution in [-0.4, -0.2) is 0 Å². The van der Waals surface area contributed by atoms with Crippen LogP contribution in [0, 0.1) is 0 Å². The van der Waals surface area contributed by atoms with Crippen LogP contribution < -0.4 is 4.90 Å². The van der Waals surface area contributed by atoms with Crippen LogP contribution >= 0.6 is 0 Å². The zero-order valence-electron chi connectivity index (χ0n) is 32.9. The lowest BCUT2D eigenvalue weighted by atomic mass is 9.93. The van der Waals surface area contributed by atoms with Crippen molar-refractivity contribution in [3.63, 3.8) is 0 Å². The summed E-state index contributed by atoms with van der Waals surface area (Å²) in [5.74, 6) is 0. The minimum Gasteiger partial charge on any atom is -0.455 e. The summed E-state index contributed by atoms with van der Waals surface area (Å²) in [6.07, 6.45) is 0. The Balaban J connectivity index is 1.17. The van der Waals surface area contributed by atoms with E-state index in [0.717, 1.165) is 55.5 Å². The molecule has 2 heteroatoms. The summed E-state index contributed by atoms with van der Waals surface area (Å²) in [6, 6.07) is 84.6. The number of rotatable bonds is 8. The number of anilines is 3. The molecule has 0 aliphatic carbocycles. The highest BCUT2D eigenvalue weighted by atomic mass is 16.3. The molecule has 0 spiro atoms. The Labute approximate surface area is 349 Å². The van der Waals surface area contributed by atoms with Crippen molar-refractivity contribution in [1.29, 1.82) is 0 Å². The Morgan fingerprint density at radius 2 is 0.650 bits per heavy atom. The highest BCUT2D eigenvalue weighted by molar-refractivity contribution is 6.22. The van der Waals surface area contributed by atoms with E-state index in [4.69, 9.17) is 4.42 Å². The van der Waals surface area contributed by atoms with Crippen molar-refractivity contribution in [2.75, 3.05) is 4.90 Å². The molecule has 0 aliphatic rings. The summed E-state index contributed by atoms with van der Waals surface area (Å²) in [6.45, 7) is 0. The van der Waals surface area contributed by atoms with Crippen molar-refractivity contribution in [3.8, 4) is 55.6 Å². The van der Waals surface area contributed by atoms with E-state index in [0.29, 0.717) is 0 Å². The highest BCUT2D eigenvalue weighted by Gasteiger charge is 2.24. The van der Waals surface area contributed by atoms with Gasteiger partial charge in [0.05, 0.1) is 5.69 Å². The SMILES string of the molecule is c1ccc(-c2ccc(-c3c(N(c4ccc(-c5ccccc5)cc4)c4ccc(-c5ccccc5)cc4)ccc4c3oc3c5ccccc5c(-c5ccccc5)cc43)cc2)cc1. The van der Waals surface area contributed by atoms with E-state index >= 15 is 0 Å². The zero-order chi connectivity index (χ0) is 39.8. The molecule has 1 aromatic heterocycles. The van der Waals surface area contributed by atoms with Gasteiger partial charge in [-0.2, -0.15) is 0 Å². The van der Waals surface area contributed by atoms with E-state index in [1.807, 2.05) is 0 Å². The second-order valence-electron chi connectivity index (χ2n) is 15.3. The molecule has 0 amide bonds. The fourth-order valence-electron chi connectivity index (χ4n) is 8.73. The van der Waals surface area contributed by atoms with Gasteiger partial charge >= 0.3 is 0 Å².